The average molecular weight is 511 g/mol. The van der Waals surface area contributed by atoms with Gasteiger partial charge in [-0.25, -0.2) is 17.5 Å². The number of guanidine groups is 1. The first-order chi connectivity index (χ1) is 12.4. The third-order valence-corrected chi connectivity index (χ3v) is 4.46. The molecule has 27 heavy (non-hydrogen) atoms. The number of nitrogens with one attached hydrogen (secondary N) is 4. The van der Waals surface area contributed by atoms with Crippen molar-refractivity contribution in [1.82, 2.24) is 20.3 Å². The van der Waals surface area contributed by atoms with Crippen LogP contribution >= 0.6 is 24.0 Å². The molecule has 0 unspecified atom stereocenters. The Balaban J connectivity index is 0.00000364. The van der Waals surface area contributed by atoms with E-state index in [1.54, 1.807) is 6.07 Å². The van der Waals surface area contributed by atoms with Gasteiger partial charge in [0.1, 0.15) is 5.82 Å². The van der Waals surface area contributed by atoms with E-state index in [2.05, 4.69) is 25.3 Å². The number of aromatic amines is 1. The van der Waals surface area contributed by atoms with Crippen molar-refractivity contribution in [2.75, 3.05) is 32.4 Å². The number of benzene rings is 1. The van der Waals surface area contributed by atoms with E-state index >= 15 is 0 Å². The molecule has 0 bridgehead atoms. The Bertz CT molecular complexity index is 854. The van der Waals surface area contributed by atoms with Gasteiger partial charge in [-0.15, -0.1) is 24.0 Å². The fourth-order valence-electron chi connectivity index (χ4n) is 2.54. The van der Waals surface area contributed by atoms with Crippen molar-refractivity contribution in [2.24, 2.45) is 4.99 Å². The lowest BCUT2D eigenvalue weighted by atomic mass is 10.1. The lowest BCUT2D eigenvalue weighted by Crippen LogP contribution is -2.38. The summed E-state index contributed by atoms with van der Waals surface area (Å²) in [6, 6.07) is 4.71. The predicted molar refractivity (Wildman–Crippen MR) is 119 cm³/mol. The van der Waals surface area contributed by atoms with E-state index < -0.39 is 10.0 Å². The summed E-state index contributed by atoms with van der Waals surface area (Å²) < 4.78 is 37.9. The number of aromatic nitrogens is 1. The normalized spacial score (nSPS) is 12.0. The summed E-state index contributed by atoms with van der Waals surface area (Å²) in [4.78, 5) is 7.56. The zero-order valence-electron chi connectivity index (χ0n) is 15.5. The summed E-state index contributed by atoms with van der Waals surface area (Å²) >= 11 is 0. The molecule has 0 atom stereocenters. The van der Waals surface area contributed by atoms with Gasteiger partial charge in [-0.05, 0) is 43.5 Å². The smallest absolute Gasteiger partial charge is 0.208 e. The van der Waals surface area contributed by atoms with E-state index in [0.717, 1.165) is 35.7 Å². The van der Waals surface area contributed by atoms with Gasteiger partial charge in [-0.3, -0.25) is 4.99 Å². The summed E-state index contributed by atoms with van der Waals surface area (Å²) in [5, 5.41) is 7.28. The molecule has 152 valence electrons. The van der Waals surface area contributed by atoms with Crippen LogP contribution in [0.3, 0.4) is 0 Å². The number of hydrogen-bond donors (Lipinski definition) is 4. The highest BCUT2D eigenvalue weighted by Crippen LogP contribution is 2.19. The Morgan fingerprint density at radius 2 is 2.04 bits per heavy atom. The van der Waals surface area contributed by atoms with Crippen molar-refractivity contribution in [2.45, 2.75) is 19.8 Å². The summed E-state index contributed by atoms with van der Waals surface area (Å²) in [5.74, 6) is 0.432. The summed E-state index contributed by atoms with van der Waals surface area (Å²) in [7, 11) is -3.15. The number of halogens is 2. The highest BCUT2D eigenvalue weighted by atomic mass is 127. The third kappa shape index (κ3) is 8.43. The van der Waals surface area contributed by atoms with Gasteiger partial charge >= 0.3 is 0 Å². The highest BCUT2D eigenvalue weighted by Gasteiger charge is 2.05. The minimum Gasteiger partial charge on any atom is -0.361 e. The van der Waals surface area contributed by atoms with Crippen LogP contribution in [0.2, 0.25) is 0 Å². The van der Waals surface area contributed by atoms with Gasteiger partial charge in [0.2, 0.25) is 10.0 Å². The summed E-state index contributed by atoms with van der Waals surface area (Å²) in [5.41, 5.74) is 1.96. The van der Waals surface area contributed by atoms with Gasteiger partial charge in [0.05, 0.1) is 6.26 Å². The lowest BCUT2D eigenvalue weighted by molar-refractivity contribution is 0.585. The Morgan fingerprint density at radius 1 is 1.26 bits per heavy atom. The lowest BCUT2D eigenvalue weighted by Gasteiger charge is -2.11. The van der Waals surface area contributed by atoms with Crippen LogP contribution in [-0.2, 0) is 16.4 Å². The van der Waals surface area contributed by atoms with Gasteiger partial charge in [0, 0.05) is 43.3 Å². The van der Waals surface area contributed by atoms with Crippen molar-refractivity contribution < 1.29 is 12.8 Å². The fourth-order valence-corrected chi connectivity index (χ4v) is 3.06. The van der Waals surface area contributed by atoms with Crippen LogP contribution in [0.1, 0.15) is 18.9 Å². The van der Waals surface area contributed by atoms with Crippen molar-refractivity contribution >= 4 is 50.9 Å². The highest BCUT2D eigenvalue weighted by molar-refractivity contribution is 14.0. The van der Waals surface area contributed by atoms with Crippen LogP contribution in [0.4, 0.5) is 4.39 Å². The molecule has 0 saturated carbocycles. The minimum atomic E-state index is -3.15. The monoisotopic (exact) mass is 511 g/mol. The molecule has 0 saturated heterocycles. The maximum absolute atomic E-state index is 13.4. The zero-order chi connectivity index (χ0) is 19.0. The first-order valence-electron chi connectivity index (χ1n) is 8.61. The molecule has 0 aliphatic heterocycles. The van der Waals surface area contributed by atoms with E-state index in [-0.39, 0.29) is 29.8 Å². The molecule has 0 aliphatic rings. The molecular weight excluding hydrogens is 484 g/mol. The molecule has 1 heterocycles. The van der Waals surface area contributed by atoms with Crippen molar-refractivity contribution in [3.8, 4) is 0 Å². The molecule has 2 aromatic rings. The summed E-state index contributed by atoms with van der Waals surface area (Å²) in [6.07, 6.45) is 4.38. The molecule has 0 spiro atoms. The number of fused-ring (bicyclic) bond motifs is 1. The number of sulfonamides is 1. The summed E-state index contributed by atoms with van der Waals surface area (Å²) in [6.45, 7) is 4.23. The predicted octanol–water partition coefficient (Wildman–Crippen LogP) is 1.96. The first-order valence-corrected chi connectivity index (χ1v) is 10.5. The SMILES string of the molecule is CCNC(=NCCCNS(C)(=O)=O)NCCc1c[nH]c2ccc(F)cc12.I. The quantitative estimate of drug-likeness (QED) is 0.179. The second kappa shape index (κ2) is 11.4. The van der Waals surface area contributed by atoms with Gasteiger partial charge in [-0.1, -0.05) is 0 Å². The van der Waals surface area contributed by atoms with Crippen LogP contribution in [0, 0.1) is 5.82 Å². The van der Waals surface area contributed by atoms with E-state index in [4.69, 9.17) is 0 Å². The van der Waals surface area contributed by atoms with Gasteiger partial charge in [-0.2, -0.15) is 0 Å². The van der Waals surface area contributed by atoms with Crippen LogP contribution in [-0.4, -0.2) is 51.8 Å². The number of nitrogens with zero attached hydrogens (tertiary/aromatic N) is 1. The van der Waals surface area contributed by atoms with E-state index in [1.165, 1.54) is 12.1 Å². The Morgan fingerprint density at radius 3 is 2.74 bits per heavy atom. The molecule has 1 aromatic carbocycles. The van der Waals surface area contributed by atoms with Gasteiger partial charge < -0.3 is 15.6 Å². The molecule has 7 nitrogen and oxygen atoms in total. The number of aliphatic imine (C=N–C) groups is 1. The van der Waals surface area contributed by atoms with Crippen molar-refractivity contribution in [3.05, 3.63) is 35.8 Å². The zero-order valence-corrected chi connectivity index (χ0v) is 18.7. The molecule has 0 aliphatic carbocycles. The third-order valence-electron chi connectivity index (χ3n) is 3.73. The maximum atomic E-state index is 13.4. The molecular formula is C17H27FIN5O2S. The second-order valence-electron chi connectivity index (χ2n) is 5.96. The molecule has 2 rings (SSSR count). The molecule has 4 N–H and O–H groups in total. The average Bonchev–Trinajstić information content (AvgIpc) is 2.96. The van der Waals surface area contributed by atoms with Crippen LogP contribution < -0.4 is 15.4 Å². The van der Waals surface area contributed by atoms with Crippen molar-refractivity contribution in [1.29, 1.82) is 0 Å². The molecule has 0 radical (unpaired) electrons. The maximum Gasteiger partial charge on any atom is 0.208 e. The topological polar surface area (TPSA) is 98.4 Å². The van der Waals surface area contributed by atoms with Crippen LogP contribution in [0.5, 0.6) is 0 Å². The minimum absolute atomic E-state index is 0. The molecule has 10 heteroatoms. The second-order valence-corrected chi connectivity index (χ2v) is 7.79. The molecule has 1 aromatic heterocycles. The number of rotatable bonds is 9. The fraction of sp³-hybridized carbons (Fsp3) is 0.471. The largest absolute Gasteiger partial charge is 0.361 e. The Hall–Kier alpha value is -1.40. The van der Waals surface area contributed by atoms with Crippen LogP contribution in [0.25, 0.3) is 10.9 Å². The Labute approximate surface area is 176 Å². The van der Waals surface area contributed by atoms with Crippen molar-refractivity contribution in [3.63, 3.8) is 0 Å². The first kappa shape index (κ1) is 23.6. The number of H-pyrrole nitrogens is 1. The standard InChI is InChI=1S/C17H26FN5O2S.HI/c1-3-19-17(20-8-4-9-23-26(2,24)25)21-10-7-13-12-22-16-6-5-14(18)11-15(13)16;/h5-6,11-12,22-23H,3-4,7-10H2,1-2H3,(H2,19,20,21);1H. The van der Waals surface area contributed by atoms with Crippen LogP contribution in [0.15, 0.2) is 29.4 Å². The van der Waals surface area contributed by atoms with E-state index in [0.29, 0.717) is 32.0 Å². The van der Waals surface area contributed by atoms with Gasteiger partial charge in [0.25, 0.3) is 0 Å². The molecule has 0 fully saturated rings. The Kier molecular flexibility index (Phi) is 10.0. The number of hydrogen-bond acceptors (Lipinski definition) is 3. The van der Waals surface area contributed by atoms with E-state index in [1.807, 2.05) is 13.1 Å². The van der Waals surface area contributed by atoms with E-state index in [9.17, 15) is 12.8 Å². The molecule has 0 amide bonds. The van der Waals surface area contributed by atoms with Gasteiger partial charge in [0.15, 0.2) is 5.96 Å².